The van der Waals surface area contributed by atoms with E-state index in [1.165, 1.54) is 0 Å². The zero-order valence-electron chi connectivity index (χ0n) is 10.9. The van der Waals surface area contributed by atoms with Crippen LogP contribution < -0.4 is 10.6 Å². The minimum atomic E-state index is -0.644. The third kappa shape index (κ3) is 2.80. The van der Waals surface area contributed by atoms with Gasteiger partial charge in [-0.05, 0) is 32.4 Å². The van der Waals surface area contributed by atoms with Crippen molar-refractivity contribution in [1.29, 1.82) is 0 Å². The fraction of sp³-hybridized carbons (Fsp3) is 0.385. The lowest BCUT2D eigenvalue weighted by Gasteiger charge is -2.25. The summed E-state index contributed by atoms with van der Waals surface area (Å²) < 4.78 is 0. The second kappa shape index (κ2) is 6.05. The third-order valence-corrected chi connectivity index (χ3v) is 2.92. The third-order valence-electron chi connectivity index (χ3n) is 2.92. The van der Waals surface area contributed by atoms with Gasteiger partial charge in [-0.2, -0.15) is 0 Å². The number of amidine groups is 1. The molecule has 5 heteroatoms. The second-order valence-corrected chi connectivity index (χ2v) is 4.12. The molecule has 1 aromatic rings. The van der Waals surface area contributed by atoms with Crippen molar-refractivity contribution >= 4 is 17.4 Å². The molecule has 0 saturated carbocycles. The number of carbonyl (C=O) groups is 1. The first kappa shape index (κ1) is 14.0. The van der Waals surface area contributed by atoms with Gasteiger partial charge >= 0.3 is 0 Å². The first-order valence-corrected chi connectivity index (χ1v) is 5.87. The summed E-state index contributed by atoms with van der Waals surface area (Å²) in [6, 6.07) is 7.63. The van der Waals surface area contributed by atoms with Crippen LogP contribution >= 0.6 is 0 Å². The Balaban J connectivity index is 3.05. The molecule has 0 aliphatic carbocycles. The van der Waals surface area contributed by atoms with E-state index in [0.717, 1.165) is 11.3 Å². The van der Waals surface area contributed by atoms with E-state index in [1.54, 1.807) is 11.8 Å². The molecule has 1 aromatic carbocycles. The number of nitrogens with two attached hydrogens (primary N) is 1. The Hall–Kier alpha value is -2.04. The Kier molecular flexibility index (Phi) is 4.71. The van der Waals surface area contributed by atoms with E-state index in [1.807, 2.05) is 38.1 Å². The van der Waals surface area contributed by atoms with E-state index < -0.39 is 5.92 Å². The lowest BCUT2D eigenvalue weighted by Crippen LogP contribution is -2.41. The molecule has 0 saturated heterocycles. The van der Waals surface area contributed by atoms with Gasteiger partial charge in [0.1, 0.15) is 0 Å². The van der Waals surface area contributed by atoms with Crippen LogP contribution in [0.5, 0.6) is 0 Å². The quantitative estimate of drug-likeness (QED) is 0.369. The highest BCUT2D eigenvalue weighted by atomic mass is 16.4. The molecule has 0 aliphatic rings. The van der Waals surface area contributed by atoms with Crippen LogP contribution in [0.4, 0.5) is 5.69 Å². The standard InChI is InChI=1S/C13H19N3O2/c1-4-16(11-8-6-5-7-9(11)2)13(17)10(3)12(14)15-18/h5-8,10,18H,4H2,1-3H3,(H2,14,15). The molecule has 0 spiro atoms. The number of aryl methyl sites for hydroxylation is 1. The van der Waals surface area contributed by atoms with Crippen molar-refractivity contribution in [2.75, 3.05) is 11.4 Å². The van der Waals surface area contributed by atoms with E-state index in [2.05, 4.69) is 5.16 Å². The van der Waals surface area contributed by atoms with Crippen LogP contribution in [0, 0.1) is 12.8 Å². The summed E-state index contributed by atoms with van der Waals surface area (Å²) in [4.78, 5) is 13.9. The van der Waals surface area contributed by atoms with Gasteiger partial charge in [0.2, 0.25) is 5.91 Å². The maximum Gasteiger partial charge on any atom is 0.237 e. The summed E-state index contributed by atoms with van der Waals surface area (Å²) in [5.74, 6) is -0.899. The fourth-order valence-corrected chi connectivity index (χ4v) is 1.76. The highest BCUT2D eigenvalue weighted by molar-refractivity contribution is 6.08. The van der Waals surface area contributed by atoms with Crippen molar-refractivity contribution in [2.45, 2.75) is 20.8 Å². The van der Waals surface area contributed by atoms with E-state index in [4.69, 9.17) is 10.9 Å². The number of para-hydroxylation sites is 1. The molecule has 0 fully saturated rings. The lowest BCUT2D eigenvalue weighted by atomic mass is 10.1. The molecule has 1 atom stereocenters. The molecule has 0 radical (unpaired) electrons. The zero-order valence-corrected chi connectivity index (χ0v) is 10.9. The number of hydrogen-bond acceptors (Lipinski definition) is 3. The van der Waals surface area contributed by atoms with Crippen molar-refractivity contribution in [3.8, 4) is 0 Å². The van der Waals surface area contributed by atoms with Gasteiger partial charge < -0.3 is 15.8 Å². The highest BCUT2D eigenvalue weighted by Gasteiger charge is 2.24. The molecule has 1 unspecified atom stereocenters. The van der Waals surface area contributed by atoms with Gasteiger partial charge in [0.15, 0.2) is 5.84 Å². The number of oxime groups is 1. The Labute approximate surface area is 107 Å². The van der Waals surface area contributed by atoms with Gasteiger partial charge in [-0.3, -0.25) is 4.79 Å². The van der Waals surface area contributed by atoms with Crippen molar-refractivity contribution in [3.05, 3.63) is 29.8 Å². The molecule has 3 N–H and O–H groups in total. The van der Waals surface area contributed by atoms with Crippen molar-refractivity contribution in [2.24, 2.45) is 16.8 Å². The second-order valence-electron chi connectivity index (χ2n) is 4.12. The first-order chi connectivity index (χ1) is 8.52. The molecule has 18 heavy (non-hydrogen) atoms. The fourth-order valence-electron chi connectivity index (χ4n) is 1.76. The van der Waals surface area contributed by atoms with Gasteiger partial charge in [0.25, 0.3) is 0 Å². The number of benzene rings is 1. The largest absolute Gasteiger partial charge is 0.409 e. The van der Waals surface area contributed by atoms with E-state index in [-0.39, 0.29) is 11.7 Å². The van der Waals surface area contributed by atoms with Crippen LogP contribution in [0.25, 0.3) is 0 Å². The van der Waals surface area contributed by atoms with Crippen molar-refractivity contribution in [3.63, 3.8) is 0 Å². The van der Waals surface area contributed by atoms with Crippen molar-refractivity contribution < 1.29 is 10.0 Å². The lowest BCUT2D eigenvalue weighted by molar-refractivity contribution is -0.120. The molecule has 1 rings (SSSR count). The number of rotatable bonds is 4. The van der Waals surface area contributed by atoms with E-state index in [0.29, 0.717) is 6.54 Å². The average Bonchev–Trinajstić information content (AvgIpc) is 2.39. The SMILES string of the molecule is CCN(C(=O)C(C)/C(N)=N/O)c1ccccc1C. The summed E-state index contributed by atoms with van der Waals surface area (Å²) in [5, 5.41) is 11.5. The van der Waals surface area contributed by atoms with Gasteiger partial charge in [-0.15, -0.1) is 0 Å². The number of nitrogens with zero attached hydrogens (tertiary/aromatic N) is 2. The Bertz CT molecular complexity index is 457. The average molecular weight is 249 g/mol. The Morgan fingerprint density at radius 3 is 2.61 bits per heavy atom. The summed E-state index contributed by atoms with van der Waals surface area (Å²) in [5.41, 5.74) is 7.34. The number of hydrogen-bond donors (Lipinski definition) is 2. The van der Waals surface area contributed by atoms with E-state index >= 15 is 0 Å². The maximum atomic E-state index is 12.3. The summed E-state index contributed by atoms with van der Waals surface area (Å²) >= 11 is 0. The Morgan fingerprint density at radius 1 is 1.50 bits per heavy atom. The van der Waals surface area contributed by atoms with Crippen LogP contribution in [0.3, 0.4) is 0 Å². The van der Waals surface area contributed by atoms with Crippen LogP contribution in [-0.2, 0) is 4.79 Å². The smallest absolute Gasteiger partial charge is 0.237 e. The topological polar surface area (TPSA) is 78.9 Å². The van der Waals surface area contributed by atoms with Gasteiger partial charge in [-0.25, -0.2) is 0 Å². The first-order valence-electron chi connectivity index (χ1n) is 5.87. The Morgan fingerprint density at radius 2 is 2.11 bits per heavy atom. The number of anilines is 1. The summed E-state index contributed by atoms with van der Waals surface area (Å²) in [6.45, 7) is 5.99. The predicted octanol–water partition coefficient (Wildman–Crippen LogP) is 1.73. The number of amides is 1. The van der Waals surface area contributed by atoms with Gasteiger partial charge in [-0.1, -0.05) is 23.4 Å². The predicted molar refractivity (Wildman–Crippen MR) is 71.8 cm³/mol. The molecule has 0 aromatic heterocycles. The maximum absolute atomic E-state index is 12.3. The molecule has 0 bridgehead atoms. The summed E-state index contributed by atoms with van der Waals surface area (Å²) in [6.07, 6.45) is 0. The molecule has 5 nitrogen and oxygen atoms in total. The van der Waals surface area contributed by atoms with Gasteiger partial charge in [0.05, 0.1) is 5.92 Å². The molecule has 0 aliphatic heterocycles. The van der Waals surface area contributed by atoms with E-state index in [9.17, 15) is 4.79 Å². The zero-order chi connectivity index (χ0) is 13.7. The normalized spacial score (nSPS) is 13.2. The van der Waals surface area contributed by atoms with Crippen LogP contribution in [0.15, 0.2) is 29.4 Å². The van der Waals surface area contributed by atoms with Crippen LogP contribution in [0.1, 0.15) is 19.4 Å². The molecule has 1 amide bonds. The highest BCUT2D eigenvalue weighted by Crippen LogP contribution is 2.21. The molecule has 98 valence electrons. The molecule has 0 heterocycles. The minimum Gasteiger partial charge on any atom is -0.409 e. The monoisotopic (exact) mass is 249 g/mol. The summed E-state index contributed by atoms with van der Waals surface area (Å²) in [7, 11) is 0. The number of carbonyl (C=O) groups excluding carboxylic acids is 1. The van der Waals surface area contributed by atoms with Gasteiger partial charge in [0, 0.05) is 12.2 Å². The van der Waals surface area contributed by atoms with Crippen LogP contribution in [0.2, 0.25) is 0 Å². The van der Waals surface area contributed by atoms with Crippen LogP contribution in [-0.4, -0.2) is 23.5 Å². The van der Waals surface area contributed by atoms with Crippen molar-refractivity contribution in [1.82, 2.24) is 0 Å². The molecular formula is C13H19N3O2. The molecular weight excluding hydrogens is 230 g/mol. The minimum absolute atomic E-state index is 0.0768.